The molecule has 0 aliphatic heterocycles. The molecule has 1 aromatic rings. The van der Waals surface area contributed by atoms with E-state index in [1.165, 1.54) is 7.11 Å². The van der Waals surface area contributed by atoms with Gasteiger partial charge in [0, 0.05) is 0 Å². The first-order chi connectivity index (χ1) is 10.9. The van der Waals surface area contributed by atoms with E-state index < -0.39 is 24.2 Å². The molecule has 0 fully saturated rings. The summed E-state index contributed by atoms with van der Waals surface area (Å²) in [5, 5.41) is 12.8. The van der Waals surface area contributed by atoms with Crippen LogP contribution in [0.25, 0.3) is 0 Å². The minimum Gasteiger partial charge on any atom is -0.469 e. The monoisotopic (exact) mass is 323 g/mol. The van der Waals surface area contributed by atoms with Crippen molar-refractivity contribution in [2.24, 2.45) is 5.92 Å². The Morgan fingerprint density at radius 3 is 2.43 bits per heavy atom. The Hall–Kier alpha value is -2.08. The Morgan fingerprint density at radius 1 is 1.22 bits per heavy atom. The molecule has 0 bridgehead atoms. The van der Waals surface area contributed by atoms with E-state index in [1.54, 1.807) is 0 Å². The quantitative estimate of drug-likeness (QED) is 0.717. The third kappa shape index (κ3) is 7.65. The molecule has 0 aromatic heterocycles. The van der Waals surface area contributed by atoms with Crippen molar-refractivity contribution >= 4 is 12.1 Å². The van der Waals surface area contributed by atoms with Crippen molar-refractivity contribution in [1.29, 1.82) is 0 Å². The summed E-state index contributed by atoms with van der Waals surface area (Å²) in [6.45, 7) is 4.08. The normalized spacial score (nSPS) is 13.3. The number of carbonyl (C=O) groups excluding carboxylic acids is 2. The maximum atomic E-state index is 11.9. The van der Waals surface area contributed by atoms with Crippen LogP contribution < -0.4 is 5.32 Å². The van der Waals surface area contributed by atoms with E-state index in [9.17, 15) is 14.7 Å². The summed E-state index contributed by atoms with van der Waals surface area (Å²) in [6, 6.07) is 8.73. The number of ether oxygens (including phenoxy) is 2. The summed E-state index contributed by atoms with van der Waals surface area (Å²) in [5.41, 5.74) is 0.873. The second-order valence-corrected chi connectivity index (χ2v) is 5.79. The number of rotatable bonds is 8. The molecule has 1 aromatic carbocycles. The van der Waals surface area contributed by atoms with Gasteiger partial charge in [-0.2, -0.15) is 0 Å². The zero-order chi connectivity index (χ0) is 17.2. The zero-order valence-corrected chi connectivity index (χ0v) is 13.8. The van der Waals surface area contributed by atoms with Crippen LogP contribution >= 0.6 is 0 Å². The van der Waals surface area contributed by atoms with Gasteiger partial charge in [-0.3, -0.25) is 4.79 Å². The number of amides is 1. The largest absolute Gasteiger partial charge is 0.469 e. The molecule has 0 saturated carbocycles. The van der Waals surface area contributed by atoms with Crippen molar-refractivity contribution in [2.75, 3.05) is 7.11 Å². The summed E-state index contributed by atoms with van der Waals surface area (Å²) in [7, 11) is 1.26. The Balaban J connectivity index is 2.54. The predicted octanol–water partition coefficient (Wildman–Crippen LogP) is 2.25. The molecule has 128 valence electrons. The highest BCUT2D eigenvalue weighted by Gasteiger charge is 2.25. The van der Waals surface area contributed by atoms with Gasteiger partial charge in [0.2, 0.25) is 0 Å². The highest BCUT2D eigenvalue weighted by molar-refractivity contribution is 5.70. The number of nitrogens with one attached hydrogen (secondary N) is 1. The number of hydrogen-bond acceptors (Lipinski definition) is 5. The fourth-order valence-electron chi connectivity index (χ4n) is 2.13. The number of alkyl carbamates (subject to hydrolysis) is 1. The average molecular weight is 323 g/mol. The van der Waals surface area contributed by atoms with Gasteiger partial charge in [0.05, 0.1) is 25.7 Å². The standard InChI is InChI=1S/C17H25NO5/c1-12(2)9-14(15(19)10-16(20)22-3)18-17(21)23-11-13-7-5-4-6-8-13/h4-8,12,14-15,19H,9-11H2,1-3H3,(H,18,21)/t14-,15+/m0/s1. The summed E-state index contributed by atoms with van der Waals surface area (Å²) < 4.78 is 9.69. The molecule has 2 atom stereocenters. The van der Waals surface area contributed by atoms with E-state index >= 15 is 0 Å². The third-order valence-corrected chi connectivity index (χ3v) is 3.31. The Kier molecular flexibility index (Phi) is 8.11. The summed E-state index contributed by atoms with van der Waals surface area (Å²) in [6.07, 6.45) is -1.29. The lowest BCUT2D eigenvalue weighted by Gasteiger charge is -2.24. The van der Waals surface area contributed by atoms with Crippen LogP contribution in [0.4, 0.5) is 4.79 Å². The van der Waals surface area contributed by atoms with Gasteiger partial charge in [0.25, 0.3) is 0 Å². The molecule has 6 nitrogen and oxygen atoms in total. The molecule has 0 heterocycles. The van der Waals surface area contributed by atoms with Gasteiger partial charge in [-0.25, -0.2) is 4.79 Å². The summed E-state index contributed by atoms with van der Waals surface area (Å²) in [5.74, 6) is -0.285. The van der Waals surface area contributed by atoms with Crippen LogP contribution in [0.5, 0.6) is 0 Å². The lowest BCUT2D eigenvalue weighted by molar-refractivity contribution is -0.143. The third-order valence-electron chi connectivity index (χ3n) is 3.31. The molecule has 0 unspecified atom stereocenters. The Morgan fingerprint density at radius 2 is 1.87 bits per heavy atom. The van der Waals surface area contributed by atoms with Gasteiger partial charge in [-0.1, -0.05) is 44.2 Å². The number of carbonyl (C=O) groups is 2. The fraction of sp³-hybridized carbons (Fsp3) is 0.529. The lowest BCUT2D eigenvalue weighted by Crippen LogP contribution is -2.45. The number of hydrogen-bond donors (Lipinski definition) is 2. The topological polar surface area (TPSA) is 84.9 Å². The van der Waals surface area contributed by atoms with Crippen molar-refractivity contribution in [3.05, 3.63) is 35.9 Å². The number of methoxy groups -OCH3 is 1. The minimum atomic E-state index is -1.02. The van der Waals surface area contributed by atoms with Gasteiger partial charge in [0.1, 0.15) is 6.61 Å². The zero-order valence-electron chi connectivity index (χ0n) is 13.8. The first-order valence-corrected chi connectivity index (χ1v) is 7.64. The molecule has 0 spiro atoms. The van der Waals surface area contributed by atoms with Crippen molar-refractivity contribution < 1.29 is 24.2 Å². The maximum absolute atomic E-state index is 11.9. The molecular formula is C17H25NO5. The van der Waals surface area contributed by atoms with Crippen molar-refractivity contribution in [3.8, 4) is 0 Å². The van der Waals surface area contributed by atoms with E-state index in [2.05, 4.69) is 10.1 Å². The van der Waals surface area contributed by atoms with E-state index in [0.29, 0.717) is 6.42 Å². The molecule has 0 aliphatic carbocycles. The van der Waals surface area contributed by atoms with Gasteiger partial charge >= 0.3 is 12.1 Å². The maximum Gasteiger partial charge on any atom is 0.407 e. The number of aliphatic hydroxyl groups excluding tert-OH is 1. The Bertz CT molecular complexity index is 489. The molecule has 0 aliphatic rings. The van der Waals surface area contributed by atoms with Crippen LogP contribution in [0.2, 0.25) is 0 Å². The Labute approximate surface area is 136 Å². The average Bonchev–Trinajstić information content (AvgIpc) is 2.52. The van der Waals surface area contributed by atoms with Gasteiger partial charge in [-0.15, -0.1) is 0 Å². The molecule has 23 heavy (non-hydrogen) atoms. The van der Waals surface area contributed by atoms with Crippen molar-refractivity contribution in [3.63, 3.8) is 0 Å². The second kappa shape index (κ2) is 9.84. The van der Waals surface area contributed by atoms with Crippen molar-refractivity contribution in [1.82, 2.24) is 5.32 Å². The molecule has 1 amide bonds. The first kappa shape index (κ1) is 19.0. The van der Waals surface area contributed by atoms with Crippen LogP contribution in [0.1, 0.15) is 32.3 Å². The van der Waals surface area contributed by atoms with E-state index in [-0.39, 0.29) is 18.9 Å². The van der Waals surface area contributed by atoms with Gasteiger partial charge in [0.15, 0.2) is 0 Å². The van der Waals surface area contributed by atoms with Crippen LogP contribution in [0.3, 0.4) is 0 Å². The summed E-state index contributed by atoms with van der Waals surface area (Å²) >= 11 is 0. The minimum absolute atomic E-state index is 0.147. The lowest BCUT2D eigenvalue weighted by atomic mass is 9.97. The van der Waals surface area contributed by atoms with Crippen molar-refractivity contribution in [2.45, 2.75) is 45.4 Å². The van der Waals surface area contributed by atoms with E-state index in [4.69, 9.17) is 4.74 Å². The van der Waals surface area contributed by atoms with Crippen LogP contribution in [-0.2, 0) is 20.9 Å². The molecule has 2 N–H and O–H groups in total. The number of benzene rings is 1. The van der Waals surface area contributed by atoms with E-state index in [1.807, 2.05) is 44.2 Å². The highest BCUT2D eigenvalue weighted by atomic mass is 16.5. The molecular weight excluding hydrogens is 298 g/mol. The molecule has 0 saturated heterocycles. The summed E-state index contributed by atoms with van der Waals surface area (Å²) in [4.78, 5) is 23.2. The highest BCUT2D eigenvalue weighted by Crippen LogP contribution is 2.12. The molecule has 6 heteroatoms. The van der Waals surface area contributed by atoms with Crippen LogP contribution in [0.15, 0.2) is 30.3 Å². The molecule has 1 rings (SSSR count). The van der Waals surface area contributed by atoms with Crippen LogP contribution in [0, 0.1) is 5.92 Å². The fourth-order valence-corrected chi connectivity index (χ4v) is 2.13. The smallest absolute Gasteiger partial charge is 0.407 e. The number of aliphatic hydroxyl groups is 1. The first-order valence-electron chi connectivity index (χ1n) is 7.64. The van der Waals surface area contributed by atoms with Gasteiger partial charge in [-0.05, 0) is 17.9 Å². The SMILES string of the molecule is COC(=O)C[C@@H](O)[C@H](CC(C)C)NC(=O)OCc1ccccc1. The number of esters is 1. The second-order valence-electron chi connectivity index (χ2n) is 5.79. The van der Waals surface area contributed by atoms with Crippen LogP contribution in [-0.4, -0.2) is 36.4 Å². The van der Waals surface area contributed by atoms with Gasteiger partial charge < -0.3 is 19.9 Å². The molecule has 0 radical (unpaired) electrons. The predicted molar refractivity (Wildman–Crippen MR) is 85.6 cm³/mol. The van der Waals surface area contributed by atoms with E-state index in [0.717, 1.165) is 5.56 Å².